The third-order valence-corrected chi connectivity index (χ3v) is 19.8. The van der Waals surface area contributed by atoms with Crippen LogP contribution in [0.4, 0.5) is 5.69 Å². The van der Waals surface area contributed by atoms with Crippen molar-refractivity contribution < 1.29 is 22.2 Å². The van der Waals surface area contributed by atoms with E-state index in [0.29, 0.717) is 38.9 Å². The number of unbranched alkanes of at least 4 members (excludes halogenated alkanes) is 2. The Bertz CT molecular complexity index is 1430. The number of hydrogen-bond donors (Lipinski definition) is 0. The molecule has 0 amide bonds. The molecule has 47 heavy (non-hydrogen) atoms. The fourth-order valence-corrected chi connectivity index (χ4v) is 7.32. The molecule has 0 bridgehead atoms. The predicted molar refractivity (Wildman–Crippen MR) is 200 cm³/mol. The topological polar surface area (TPSA) is 99.0 Å². The molecule has 1 aromatic carbocycles. The van der Waals surface area contributed by atoms with Crippen molar-refractivity contribution in [3.8, 4) is 23.7 Å². The fraction of sp³-hybridized carbons (Fsp3) is 0.611. The highest BCUT2D eigenvalue weighted by atomic mass is 32.2. The monoisotopic (exact) mass is 702 g/mol. The Morgan fingerprint density at radius 2 is 1.23 bits per heavy atom. The van der Waals surface area contributed by atoms with E-state index in [1.807, 2.05) is 26.0 Å². The lowest BCUT2D eigenvalue weighted by Gasteiger charge is -2.36. The molecule has 0 aliphatic carbocycles. The average Bonchev–Trinajstić information content (AvgIpc) is 2.96. The first-order valence-electron chi connectivity index (χ1n) is 16.3. The molecule has 0 aliphatic rings. The van der Waals surface area contributed by atoms with Crippen LogP contribution in [-0.2, 0) is 18.9 Å². The van der Waals surface area contributed by atoms with Crippen molar-refractivity contribution >= 4 is 32.3 Å². The van der Waals surface area contributed by atoms with Crippen LogP contribution < -0.4 is 0 Å². The summed E-state index contributed by atoms with van der Waals surface area (Å²) in [5.41, 5.74) is 1.65. The predicted octanol–water partition coefficient (Wildman–Crippen LogP) is 9.09. The zero-order chi connectivity index (χ0) is 36.1. The van der Waals surface area contributed by atoms with E-state index in [1.54, 1.807) is 0 Å². The van der Waals surface area contributed by atoms with Crippen LogP contribution >= 0.6 is 0 Å². The van der Waals surface area contributed by atoms with Crippen LogP contribution in [0.2, 0.25) is 36.3 Å². The van der Waals surface area contributed by atoms with Crippen LogP contribution in [0.3, 0.4) is 0 Å². The molecule has 262 valence electrons. The lowest BCUT2D eigenvalue weighted by atomic mass is 10.2. The summed E-state index contributed by atoms with van der Waals surface area (Å²) in [5, 5.41) is 11.9. The van der Waals surface area contributed by atoms with Gasteiger partial charge in [0.15, 0.2) is 21.5 Å². The van der Waals surface area contributed by atoms with Crippen molar-refractivity contribution in [3.05, 3.63) is 57.7 Å². The quantitative estimate of drug-likeness (QED) is 0.0595. The van der Waals surface area contributed by atoms with Crippen LogP contribution in [0, 0.1) is 33.8 Å². The maximum Gasteiger partial charge on any atom is 0.289 e. The molecular formula is C36H58N2O6SSi2. The SMILES string of the molecule is C/C(=C/C#CCCCN(CCCC#C/C=C(/C)CO[Si](C)(C)C(C)(C)C)S(=O)(=O)c1ccccc1[N+](=O)[O-])CO[Si](C)(C)C(C)(C)C. The number of sulfonamides is 1. The number of allylic oxidation sites excluding steroid dienone is 2. The normalized spacial score (nSPS) is 13.6. The first-order valence-corrected chi connectivity index (χ1v) is 23.6. The molecule has 0 saturated heterocycles. The molecule has 0 heterocycles. The smallest absolute Gasteiger partial charge is 0.289 e. The molecule has 0 aromatic heterocycles. The molecule has 0 fully saturated rings. The Kier molecular flexibility index (Phi) is 16.6. The van der Waals surface area contributed by atoms with Gasteiger partial charge in [0, 0.05) is 32.0 Å². The highest BCUT2D eigenvalue weighted by molar-refractivity contribution is 7.89. The summed E-state index contributed by atoms with van der Waals surface area (Å²) in [5.74, 6) is 12.3. The van der Waals surface area contributed by atoms with Crippen molar-refractivity contribution in [1.82, 2.24) is 4.31 Å². The molecule has 8 nitrogen and oxygen atoms in total. The first kappa shape index (κ1) is 42.5. The number of nitro groups is 1. The van der Waals surface area contributed by atoms with Gasteiger partial charge in [-0.2, -0.15) is 4.31 Å². The van der Waals surface area contributed by atoms with Crippen LogP contribution in [-0.4, -0.2) is 60.6 Å². The number of rotatable bonds is 15. The minimum Gasteiger partial charge on any atom is -0.413 e. The van der Waals surface area contributed by atoms with Gasteiger partial charge in [-0.15, -0.1) is 0 Å². The summed E-state index contributed by atoms with van der Waals surface area (Å²) in [6, 6.07) is 5.47. The summed E-state index contributed by atoms with van der Waals surface area (Å²) < 4.78 is 41.1. The average molecular weight is 703 g/mol. The molecule has 0 aliphatic heterocycles. The Labute approximate surface area is 287 Å². The number of nitrogens with zero attached hydrogens (tertiary/aromatic N) is 2. The number of nitro benzene ring substituents is 1. The van der Waals surface area contributed by atoms with Crippen LogP contribution in [0.5, 0.6) is 0 Å². The summed E-state index contributed by atoms with van der Waals surface area (Å²) in [6.45, 7) is 27.5. The van der Waals surface area contributed by atoms with Gasteiger partial charge < -0.3 is 8.85 Å². The van der Waals surface area contributed by atoms with E-state index in [9.17, 15) is 18.5 Å². The summed E-state index contributed by atoms with van der Waals surface area (Å²) in [7, 11) is -7.80. The minimum absolute atomic E-state index is 0.133. The Morgan fingerprint density at radius 1 is 0.830 bits per heavy atom. The molecule has 0 N–H and O–H groups in total. The molecule has 0 saturated carbocycles. The second-order valence-electron chi connectivity index (χ2n) is 15.1. The van der Waals surface area contributed by atoms with Crippen molar-refractivity contribution in [1.29, 1.82) is 0 Å². The zero-order valence-electron chi connectivity index (χ0n) is 30.9. The van der Waals surface area contributed by atoms with Crippen molar-refractivity contribution in [2.75, 3.05) is 26.3 Å². The molecule has 1 aromatic rings. The van der Waals surface area contributed by atoms with Gasteiger partial charge in [0.2, 0.25) is 10.0 Å². The third kappa shape index (κ3) is 14.2. The van der Waals surface area contributed by atoms with Crippen molar-refractivity contribution in [2.24, 2.45) is 0 Å². The Hall–Kier alpha value is -2.52. The van der Waals surface area contributed by atoms with E-state index < -0.39 is 37.3 Å². The highest BCUT2D eigenvalue weighted by Gasteiger charge is 2.38. The van der Waals surface area contributed by atoms with E-state index in [4.69, 9.17) is 8.85 Å². The van der Waals surface area contributed by atoms with Gasteiger partial charge >= 0.3 is 0 Å². The van der Waals surface area contributed by atoms with Gasteiger partial charge in [-0.05, 0) is 92.3 Å². The number of benzene rings is 1. The van der Waals surface area contributed by atoms with Crippen LogP contribution in [0.15, 0.2) is 52.5 Å². The van der Waals surface area contributed by atoms with Gasteiger partial charge in [-0.25, -0.2) is 8.42 Å². The Balaban J connectivity index is 2.92. The lowest BCUT2D eigenvalue weighted by molar-refractivity contribution is -0.387. The van der Waals surface area contributed by atoms with Gasteiger partial charge in [-0.1, -0.05) is 77.4 Å². The molecule has 0 unspecified atom stereocenters. The number of hydrogen-bond acceptors (Lipinski definition) is 6. The molecule has 1 rings (SSSR count). The summed E-state index contributed by atoms with van der Waals surface area (Å²) in [4.78, 5) is 10.7. The molecular weight excluding hydrogens is 645 g/mol. The number of para-hydroxylation sites is 1. The lowest BCUT2D eigenvalue weighted by Crippen LogP contribution is -2.41. The summed E-state index contributed by atoms with van der Waals surface area (Å²) in [6.07, 6.45) is 5.64. The van der Waals surface area contributed by atoms with Gasteiger partial charge in [0.05, 0.1) is 18.1 Å². The first-order chi connectivity index (χ1) is 21.5. The Morgan fingerprint density at radius 3 is 1.62 bits per heavy atom. The highest BCUT2D eigenvalue weighted by Crippen LogP contribution is 2.37. The van der Waals surface area contributed by atoms with Crippen LogP contribution in [0.1, 0.15) is 81.1 Å². The summed E-state index contributed by atoms with van der Waals surface area (Å²) >= 11 is 0. The van der Waals surface area contributed by atoms with Gasteiger partial charge in [-0.3, -0.25) is 10.1 Å². The second kappa shape index (κ2) is 18.3. The van der Waals surface area contributed by atoms with E-state index in [-0.39, 0.29) is 28.1 Å². The maximum absolute atomic E-state index is 13.6. The van der Waals surface area contributed by atoms with Gasteiger partial charge in [0.25, 0.3) is 5.69 Å². The van der Waals surface area contributed by atoms with E-state index in [2.05, 4.69) is 91.4 Å². The van der Waals surface area contributed by atoms with Crippen molar-refractivity contribution in [3.63, 3.8) is 0 Å². The van der Waals surface area contributed by atoms with Gasteiger partial charge in [0.1, 0.15) is 0 Å². The fourth-order valence-electron chi connectivity index (χ4n) is 3.60. The standard InChI is InChI=1S/C36H58N2O6SSi2/c1-31(29-43-46(9,10)35(3,4)5)23-17-13-15-21-27-37(45(41,42)34-26-20-19-25-33(34)38(39)40)28-22-16-14-18-24-32(2)30-44-47(11,12)36(6,7)8/h19-20,23-26H,15-16,21-22,27-30H2,1-12H3/b31-23-,32-24-. The molecule has 0 radical (unpaired) electrons. The largest absolute Gasteiger partial charge is 0.413 e. The zero-order valence-corrected chi connectivity index (χ0v) is 33.7. The van der Waals surface area contributed by atoms with Crippen molar-refractivity contribution in [2.45, 2.75) is 122 Å². The van der Waals surface area contributed by atoms with Crippen LogP contribution in [0.25, 0.3) is 0 Å². The van der Waals surface area contributed by atoms with E-state index in [1.165, 1.54) is 28.6 Å². The maximum atomic E-state index is 13.6. The van der Waals surface area contributed by atoms with E-state index >= 15 is 0 Å². The molecule has 0 spiro atoms. The third-order valence-electron chi connectivity index (χ3n) is 8.87. The second-order valence-corrected chi connectivity index (χ2v) is 26.6. The molecule has 0 atom stereocenters. The van der Waals surface area contributed by atoms with E-state index in [0.717, 1.165) is 11.1 Å². The molecule has 11 heteroatoms. The minimum atomic E-state index is -4.11.